The van der Waals surface area contributed by atoms with Crippen LogP contribution in [0.2, 0.25) is 0 Å². The highest BCUT2D eigenvalue weighted by Gasteiger charge is 2.25. The Morgan fingerprint density at radius 2 is 2.35 bits per heavy atom. The molecular weight excluding hydrogens is 258 g/mol. The minimum atomic E-state index is 0.152. The van der Waals surface area contributed by atoms with Crippen LogP contribution >= 0.6 is 0 Å². The lowest BCUT2D eigenvalue weighted by Crippen LogP contribution is -2.52. The number of nitrogens with zero attached hydrogens (tertiary/aromatic N) is 5. The van der Waals surface area contributed by atoms with Crippen molar-refractivity contribution in [3.63, 3.8) is 0 Å². The molecule has 1 fully saturated rings. The molecule has 0 saturated carbocycles. The Kier molecular flexibility index (Phi) is 3.41. The largest absolute Gasteiger partial charge is 0.396 e. The van der Waals surface area contributed by atoms with Crippen molar-refractivity contribution >= 4 is 22.8 Å². The molecule has 3 rings (SSSR count). The maximum absolute atomic E-state index is 9.23. The zero-order valence-corrected chi connectivity index (χ0v) is 11.5. The van der Waals surface area contributed by atoms with Gasteiger partial charge in [-0.1, -0.05) is 0 Å². The summed E-state index contributed by atoms with van der Waals surface area (Å²) < 4.78 is 1.69. The van der Waals surface area contributed by atoms with E-state index in [0.717, 1.165) is 36.5 Å². The zero-order valence-electron chi connectivity index (χ0n) is 11.5. The molecule has 0 spiro atoms. The van der Waals surface area contributed by atoms with Gasteiger partial charge < -0.3 is 21.1 Å². The van der Waals surface area contributed by atoms with Gasteiger partial charge in [-0.25, -0.2) is 0 Å². The molecule has 1 atom stereocenters. The number of fused-ring (bicyclic) bond motifs is 1. The summed E-state index contributed by atoms with van der Waals surface area (Å²) in [7, 11) is 1.83. The molecule has 1 saturated heterocycles. The first-order valence-corrected chi connectivity index (χ1v) is 6.74. The third kappa shape index (κ3) is 2.16. The summed E-state index contributed by atoms with van der Waals surface area (Å²) in [4.78, 5) is 10.8. The molecule has 1 unspecified atom stereocenters. The van der Waals surface area contributed by atoms with E-state index in [1.165, 1.54) is 0 Å². The molecule has 2 aromatic rings. The van der Waals surface area contributed by atoms with Crippen molar-refractivity contribution in [3.8, 4) is 0 Å². The fourth-order valence-corrected chi connectivity index (χ4v) is 2.69. The fraction of sp³-hybridized carbons (Fsp3) is 0.583. The van der Waals surface area contributed by atoms with Crippen molar-refractivity contribution in [2.45, 2.75) is 12.5 Å². The molecule has 8 heteroatoms. The first kappa shape index (κ1) is 13.1. The van der Waals surface area contributed by atoms with Crippen LogP contribution in [-0.4, -0.2) is 57.1 Å². The molecule has 0 aromatic carbocycles. The van der Waals surface area contributed by atoms with E-state index in [-0.39, 0.29) is 18.6 Å². The lowest BCUT2D eigenvalue weighted by atomic mass is 10.1. The van der Waals surface area contributed by atoms with E-state index < -0.39 is 0 Å². The predicted octanol–water partition coefficient (Wildman–Crippen LogP) is -0.894. The summed E-state index contributed by atoms with van der Waals surface area (Å²) in [5, 5.41) is 17.7. The number of nitrogen functional groups attached to an aromatic ring is 1. The summed E-state index contributed by atoms with van der Waals surface area (Å²) in [5.74, 6) is 1.05. The number of nitrogens with two attached hydrogens (primary N) is 1. The quantitative estimate of drug-likeness (QED) is 0.668. The van der Waals surface area contributed by atoms with Gasteiger partial charge in [0.25, 0.3) is 0 Å². The second-order valence-electron chi connectivity index (χ2n) is 4.97. The molecule has 1 aliphatic rings. The highest BCUT2D eigenvalue weighted by molar-refractivity contribution is 5.88. The van der Waals surface area contributed by atoms with Crippen molar-refractivity contribution in [3.05, 3.63) is 6.20 Å². The second-order valence-corrected chi connectivity index (χ2v) is 4.97. The Morgan fingerprint density at radius 3 is 3.15 bits per heavy atom. The Morgan fingerprint density at radius 1 is 1.50 bits per heavy atom. The van der Waals surface area contributed by atoms with Crippen LogP contribution in [0.15, 0.2) is 6.20 Å². The normalized spacial score (nSPS) is 19.7. The summed E-state index contributed by atoms with van der Waals surface area (Å²) in [6, 6.07) is 0.200. The van der Waals surface area contributed by atoms with Gasteiger partial charge in [-0.2, -0.15) is 15.1 Å². The van der Waals surface area contributed by atoms with Gasteiger partial charge in [0.15, 0.2) is 5.65 Å². The summed E-state index contributed by atoms with van der Waals surface area (Å²) >= 11 is 0. The van der Waals surface area contributed by atoms with Gasteiger partial charge in [-0.05, 0) is 6.42 Å². The molecule has 0 radical (unpaired) electrons. The summed E-state index contributed by atoms with van der Waals surface area (Å²) in [6.45, 7) is 2.69. The highest BCUT2D eigenvalue weighted by Crippen LogP contribution is 2.27. The first-order chi connectivity index (χ1) is 9.70. The van der Waals surface area contributed by atoms with Gasteiger partial charge in [0.1, 0.15) is 5.82 Å². The van der Waals surface area contributed by atoms with Gasteiger partial charge in [0.05, 0.1) is 11.6 Å². The van der Waals surface area contributed by atoms with E-state index in [9.17, 15) is 5.11 Å². The van der Waals surface area contributed by atoms with E-state index in [0.29, 0.717) is 6.42 Å². The smallest absolute Gasteiger partial charge is 0.224 e. The summed E-state index contributed by atoms with van der Waals surface area (Å²) in [6.07, 6.45) is 2.46. The van der Waals surface area contributed by atoms with E-state index in [2.05, 4.69) is 25.3 Å². The molecular formula is C12H19N7O. The Balaban J connectivity index is 2.07. The van der Waals surface area contributed by atoms with Crippen LogP contribution in [0.5, 0.6) is 0 Å². The molecule has 2 aromatic heterocycles. The standard InChI is InChI=1S/C12H19N7O/c1-18-10-9(7-15-18)11(17-12(13)16-10)19-4-3-14-6-8(19)2-5-20/h7-8,14,20H,2-6H2,1H3,(H2,13,16,17). The molecule has 0 amide bonds. The van der Waals surface area contributed by atoms with Crippen LogP contribution in [0.3, 0.4) is 0 Å². The first-order valence-electron chi connectivity index (χ1n) is 6.74. The van der Waals surface area contributed by atoms with Crippen molar-refractivity contribution in [2.24, 2.45) is 7.05 Å². The maximum Gasteiger partial charge on any atom is 0.224 e. The van der Waals surface area contributed by atoms with E-state index in [4.69, 9.17) is 5.73 Å². The number of rotatable bonds is 3. The van der Waals surface area contributed by atoms with Gasteiger partial charge in [0, 0.05) is 39.3 Å². The van der Waals surface area contributed by atoms with E-state index in [1.54, 1.807) is 10.9 Å². The predicted molar refractivity (Wildman–Crippen MR) is 76.4 cm³/mol. The topological polar surface area (TPSA) is 105 Å². The zero-order chi connectivity index (χ0) is 14.1. The lowest BCUT2D eigenvalue weighted by Gasteiger charge is -2.37. The molecule has 20 heavy (non-hydrogen) atoms. The summed E-state index contributed by atoms with van der Waals surface area (Å²) in [5.41, 5.74) is 6.55. The number of piperazine rings is 1. The number of aliphatic hydroxyl groups excluding tert-OH is 1. The highest BCUT2D eigenvalue weighted by atomic mass is 16.3. The third-order valence-corrected chi connectivity index (χ3v) is 3.67. The molecule has 108 valence electrons. The molecule has 4 N–H and O–H groups in total. The number of aliphatic hydroxyl groups is 1. The monoisotopic (exact) mass is 277 g/mol. The van der Waals surface area contributed by atoms with Crippen LogP contribution in [0.25, 0.3) is 11.0 Å². The van der Waals surface area contributed by atoms with Crippen molar-refractivity contribution in [1.29, 1.82) is 0 Å². The van der Waals surface area contributed by atoms with Gasteiger partial charge >= 0.3 is 0 Å². The average Bonchev–Trinajstić information content (AvgIpc) is 2.81. The van der Waals surface area contributed by atoms with Crippen LogP contribution < -0.4 is 16.0 Å². The number of hydrogen-bond acceptors (Lipinski definition) is 7. The lowest BCUT2D eigenvalue weighted by molar-refractivity contribution is 0.265. The van der Waals surface area contributed by atoms with Crippen LogP contribution in [0.1, 0.15) is 6.42 Å². The number of anilines is 2. The molecule has 8 nitrogen and oxygen atoms in total. The minimum absolute atomic E-state index is 0.152. The Bertz CT molecular complexity index is 609. The second kappa shape index (κ2) is 5.22. The van der Waals surface area contributed by atoms with Crippen LogP contribution in [0, 0.1) is 0 Å². The average molecular weight is 277 g/mol. The SMILES string of the molecule is Cn1ncc2c(N3CCNCC3CCO)nc(N)nc21. The molecule has 3 heterocycles. The van der Waals surface area contributed by atoms with E-state index in [1.807, 2.05) is 7.05 Å². The molecule has 0 bridgehead atoms. The number of aromatic nitrogens is 4. The number of hydrogen-bond donors (Lipinski definition) is 3. The van der Waals surface area contributed by atoms with Gasteiger partial charge in [-0.15, -0.1) is 0 Å². The number of nitrogens with one attached hydrogen (secondary N) is 1. The fourth-order valence-electron chi connectivity index (χ4n) is 2.69. The Labute approximate surface area is 116 Å². The Hall–Kier alpha value is -1.93. The third-order valence-electron chi connectivity index (χ3n) is 3.67. The number of aryl methyl sites for hydroxylation is 1. The maximum atomic E-state index is 9.23. The van der Waals surface area contributed by atoms with Crippen LogP contribution in [-0.2, 0) is 7.05 Å². The van der Waals surface area contributed by atoms with Crippen molar-refractivity contribution in [1.82, 2.24) is 25.1 Å². The molecule has 1 aliphatic heterocycles. The van der Waals surface area contributed by atoms with Crippen molar-refractivity contribution in [2.75, 3.05) is 36.9 Å². The minimum Gasteiger partial charge on any atom is -0.396 e. The molecule has 0 aliphatic carbocycles. The van der Waals surface area contributed by atoms with Gasteiger partial charge in [0.2, 0.25) is 5.95 Å². The van der Waals surface area contributed by atoms with E-state index >= 15 is 0 Å². The van der Waals surface area contributed by atoms with Gasteiger partial charge in [-0.3, -0.25) is 4.68 Å². The van der Waals surface area contributed by atoms with Crippen molar-refractivity contribution < 1.29 is 5.11 Å². The van der Waals surface area contributed by atoms with Crippen LogP contribution in [0.4, 0.5) is 11.8 Å².